The predicted molar refractivity (Wildman–Crippen MR) is 79.4 cm³/mol. The molecular weight excluding hydrogens is 467 g/mol. The molecule has 0 atom stereocenters. The van der Waals surface area contributed by atoms with Crippen LogP contribution in [0.5, 0.6) is 0 Å². The van der Waals surface area contributed by atoms with Crippen LogP contribution < -0.4 is 0 Å². The van der Waals surface area contributed by atoms with Gasteiger partial charge in [0.2, 0.25) is 5.78 Å². The molecule has 0 heterocycles. The van der Waals surface area contributed by atoms with Gasteiger partial charge in [-0.15, -0.1) is 5.73 Å². The molecular formula is C17H9F13O. The fraction of sp³-hybridized carbons (Fsp3) is 0.412. The largest absolute Gasteiger partial charge is 0.460 e. The van der Waals surface area contributed by atoms with Crippen molar-refractivity contribution in [2.75, 3.05) is 0 Å². The molecule has 0 N–H and O–H groups in total. The molecule has 0 spiro atoms. The monoisotopic (exact) mass is 476 g/mol. The maximum absolute atomic E-state index is 13.8. The van der Waals surface area contributed by atoms with Crippen molar-refractivity contribution in [1.82, 2.24) is 0 Å². The van der Waals surface area contributed by atoms with Crippen molar-refractivity contribution in [3.8, 4) is 0 Å². The molecule has 1 nitrogen and oxygen atoms in total. The summed E-state index contributed by atoms with van der Waals surface area (Å²) in [5.74, 6) is -41.6. The molecule has 0 aliphatic carbocycles. The summed E-state index contributed by atoms with van der Waals surface area (Å²) < 4.78 is 169. The fourth-order valence-electron chi connectivity index (χ4n) is 1.95. The number of allylic oxidation sites excluding steroid dienone is 1. The van der Waals surface area contributed by atoms with E-state index in [0.29, 0.717) is 6.92 Å². The van der Waals surface area contributed by atoms with E-state index in [1.165, 1.54) is 30.3 Å². The Kier molecular flexibility index (Phi) is 6.75. The Bertz CT molecular complexity index is 875. The van der Waals surface area contributed by atoms with Gasteiger partial charge in [-0.2, -0.15) is 57.1 Å². The van der Waals surface area contributed by atoms with Crippen LogP contribution in [-0.2, 0) is 4.79 Å². The van der Waals surface area contributed by atoms with E-state index in [2.05, 4.69) is 0 Å². The highest BCUT2D eigenvalue weighted by Gasteiger charge is 2.91. The summed E-state index contributed by atoms with van der Waals surface area (Å²) in [6.07, 6.45) is -6.78. The van der Waals surface area contributed by atoms with Gasteiger partial charge in [-0.05, 0) is 18.6 Å². The Morgan fingerprint density at radius 3 is 1.55 bits per heavy atom. The number of alkyl halides is 13. The molecule has 0 fully saturated rings. The number of benzene rings is 1. The van der Waals surface area contributed by atoms with Crippen LogP contribution >= 0.6 is 0 Å². The van der Waals surface area contributed by atoms with Crippen molar-refractivity contribution < 1.29 is 61.9 Å². The number of ketones is 1. The number of carbonyl (C=O) groups excluding carboxylic acids is 1. The Hall–Kier alpha value is -2.50. The van der Waals surface area contributed by atoms with Crippen molar-refractivity contribution in [1.29, 1.82) is 0 Å². The molecule has 0 saturated carbocycles. The smallest absolute Gasteiger partial charge is 0.287 e. The number of hydrogen-bond donors (Lipinski definition) is 0. The van der Waals surface area contributed by atoms with E-state index < -0.39 is 47.1 Å². The van der Waals surface area contributed by atoms with E-state index in [0.717, 1.165) is 6.08 Å². The quantitative estimate of drug-likeness (QED) is 0.248. The molecule has 0 bridgehead atoms. The number of rotatable bonds is 7. The van der Waals surface area contributed by atoms with Crippen molar-refractivity contribution in [3.63, 3.8) is 0 Å². The lowest BCUT2D eigenvalue weighted by molar-refractivity contribution is -0.435. The first-order chi connectivity index (χ1) is 13.7. The number of carbonyl (C=O) groups is 1. The first kappa shape index (κ1) is 26.5. The van der Waals surface area contributed by atoms with E-state index in [1.54, 1.807) is 5.73 Å². The Balaban J connectivity index is 3.48. The molecule has 0 saturated heterocycles. The topological polar surface area (TPSA) is 17.1 Å². The SMILES string of the molecule is CC(=C=Cc1ccccc1)C(=O)C(F)(F)C(F)(F)C(F)(F)C(F)(F)C(F)(F)C(F)(F)F. The van der Waals surface area contributed by atoms with Gasteiger partial charge in [-0.1, -0.05) is 30.3 Å². The minimum atomic E-state index is -8.05. The van der Waals surface area contributed by atoms with Gasteiger partial charge in [0.05, 0.1) is 0 Å². The lowest BCUT2D eigenvalue weighted by atomic mass is 9.90. The van der Waals surface area contributed by atoms with Gasteiger partial charge in [-0.3, -0.25) is 4.79 Å². The minimum absolute atomic E-state index is 0.131. The van der Waals surface area contributed by atoms with Gasteiger partial charge in [0.1, 0.15) is 0 Å². The summed E-state index contributed by atoms with van der Waals surface area (Å²) in [5, 5.41) is 0. The molecule has 14 heteroatoms. The molecule has 0 aliphatic heterocycles. The third-order valence-electron chi connectivity index (χ3n) is 3.81. The molecule has 0 radical (unpaired) electrons. The van der Waals surface area contributed by atoms with E-state index in [-0.39, 0.29) is 5.56 Å². The minimum Gasteiger partial charge on any atom is -0.287 e. The summed E-state index contributed by atoms with van der Waals surface area (Å²) in [6.45, 7) is 0.326. The van der Waals surface area contributed by atoms with E-state index >= 15 is 0 Å². The predicted octanol–water partition coefficient (Wildman–Crippen LogP) is 6.55. The number of hydrogen-bond acceptors (Lipinski definition) is 1. The Labute approximate surface area is 164 Å². The highest BCUT2D eigenvalue weighted by Crippen LogP contribution is 2.60. The van der Waals surface area contributed by atoms with E-state index in [1.807, 2.05) is 0 Å². The summed E-state index contributed by atoms with van der Waals surface area (Å²) in [4.78, 5) is 11.5. The number of Topliss-reactive ketones (excluding diaryl/α,β-unsaturated/α-hetero) is 1. The highest BCUT2D eigenvalue weighted by atomic mass is 19.4. The first-order valence-corrected chi connectivity index (χ1v) is 7.65. The zero-order valence-electron chi connectivity index (χ0n) is 14.8. The summed E-state index contributed by atoms with van der Waals surface area (Å²) in [6, 6.07) is 6.82. The van der Waals surface area contributed by atoms with Gasteiger partial charge in [0.25, 0.3) is 0 Å². The second kappa shape index (κ2) is 7.88. The number of halogens is 13. The molecule has 0 unspecified atom stereocenters. The lowest BCUT2D eigenvalue weighted by Gasteiger charge is -2.39. The first-order valence-electron chi connectivity index (χ1n) is 7.65. The van der Waals surface area contributed by atoms with Gasteiger partial charge < -0.3 is 0 Å². The Morgan fingerprint density at radius 1 is 0.710 bits per heavy atom. The van der Waals surface area contributed by atoms with E-state index in [9.17, 15) is 61.9 Å². The van der Waals surface area contributed by atoms with Gasteiger partial charge >= 0.3 is 35.8 Å². The highest BCUT2D eigenvalue weighted by molar-refractivity contribution is 6.01. The van der Waals surface area contributed by atoms with Crippen molar-refractivity contribution in [3.05, 3.63) is 47.2 Å². The van der Waals surface area contributed by atoms with Gasteiger partial charge in [0, 0.05) is 5.57 Å². The summed E-state index contributed by atoms with van der Waals surface area (Å²) >= 11 is 0. The van der Waals surface area contributed by atoms with Crippen LogP contribution in [-0.4, -0.2) is 41.6 Å². The normalized spacial score (nSPS) is 14.1. The van der Waals surface area contributed by atoms with Gasteiger partial charge in [-0.25, -0.2) is 0 Å². The van der Waals surface area contributed by atoms with Crippen molar-refractivity contribution in [2.45, 2.75) is 42.7 Å². The molecule has 1 rings (SSSR count). The molecule has 1 aromatic carbocycles. The van der Waals surface area contributed by atoms with Crippen molar-refractivity contribution in [2.24, 2.45) is 0 Å². The third-order valence-corrected chi connectivity index (χ3v) is 3.81. The molecule has 174 valence electrons. The maximum atomic E-state index is 13.8. The van der Waals surface area contributed by atoms with Crippen LogP contribution in [0, 0.1) is 0 Å². The molecule has 0 aromatic heterocycles. The van der Waals surface area contributed by atoms with Crippen LogP contribution in [0.2, 0.25) is 0 Å². The molecule has 31 heavy (non-hydrogen) atoms. The molecule has 0 amide bonds. The summed E-state index contributed by atoms with van der Waals surface area (Å²) in [7, 11) is 0. The van der Waals surface area contributed by atoms with Crippen molar-refractivity contribution >= 4 is 11.9 Å². The van der Waals surface area contributed by atoms with Crippen LogP contribution in [0.3, 0.4) is 0 Å². The van der Waals surface area contributed by atoms with Crippen LogP contribution in [0.15, 0.2) is 41.6 Å². The lowest BCUT2D eigenvalue weighted by Crippen LogP contribution is -2.71. The van der Waals surface area contributed by atoms with Crippen LogP contribution in [0.1, 0.15) is 12.5 Å². The second-order valence-electron chi connectivity index (χ2n) is 6.02. The Morgan fingerprint density at radius 2 is 1.13 bits per heavy atom. The average molecular weight is 476 g/mol. The third kappa shape index (κ3) is 4.17. The van der Waals surface area contributed by atoms with Gasteiger partial charge in [0.15, 0.2) is 0 Å². The second-order valence-corrected chi connectivity index (χ2v) is 6.02. The summed E-state index contributed by atoms with van der Waals surface area (Å²) in [5.41, 5.74) is 0.289. The zero-order chi connectivity index (χ0) is 24.7. The molecule has 0 aliphatic rings. The van der Waals surface area contributed by atoms with Crippen LogP contribution in [0.25, 0.3) is 6.08 Å². The van der Waals surface area contributed by atoms with E-state index in [4.69, 9.17) is 0 Å². The average Bonchev–Trinajstić information content (AvgIpc) is 2.64. The van der Waals surface area contributed by atoms with Crippen LogP contribution in [0.4, 0.5) is 57.1 Å². The standard InChI is InChI=1S/C17H9F13O/c1-9(7-8-10-5-3-2-4-6-10)11(31)12(18,19)13(20,21)14(22,23)15(24,25)16(26,27)17(28,29)30/h2-6,8H,1H3. The maximum Gasteiger partial charge on any atom is 0.460 e. The fourth-order valence-corrected chi connectivity index (χ4v) is 1.95. The zero-order valence-corrected chi connectivity index (χ0v) is 14.8. The molecule has 1 aromatic rings.